The number of nitrogens with zero attached hydrogens (tertiary/aromatic N) is 3. The number of rotatable bonds is 3. The molecule has 0 fully saturated rings. The number of benzene rings is 1. The Morgan fingerprint density at radius 2 is 2.12 bits per heavy atom. The van der Waals surface area contributed by atoms with E-state index in [0.29, 0.717) is 0 Å². The van der Waals surface area contributed by atoms with Gasteiger partial charge in [0.15, 0.2) is 0 Å². The Morgan fingerprint density at radius 1 is 1.41 bits per heavy atom. The molecule has 0 bridgehead atoms. The average molecular weight is 229 g/mol. The van der Waals surface area contributed by atoms with Crippen LogP contribution in [0.2, 0.25) is 0 Å². The van der Waals surface area contributed by atoms with Gasteiger partial charge in [0, 0.05) is 25.4 Å². The highest BCUT2D eigenvalue weighted by Crippen LogP contribution is 2.11. The van der Waals surface area contributed by atoms with E-state index >= 15 is 0 Å². The molecule has 0 amide bonds. The molecule has 0 aliphatic heterocycles. The van der Waals surface area contributed by atoms with Crippen molar-refractivity contribution in [1.29, 1.82) is 0 Å². The van der Waals surface area contributed by atoms with Crippen LogP contribution in [0, 0.1) is 10.1 Å². The van der Waals surface area contributed by atoms with Crippen LogP contribution in [-0.2, 0) is 0 Å². The summed E-state index contributed by atoms with van der Waals surface area (Å²) in [7, 11) is 0. The van der Waals surface area contributed by atoms with Crippen LogP contribution >= 0.6 is 0 Å². The second-order valence-electron chi connectivity index (χ2n) is 3.58. The van der Waals surface area contributed by atoms with Gasteiger partial charge >= 0.3 is 0 Å². The highest BCUT2D eigenvalue weighted by Gasteiger charge is 2.02. The minimum absolute atomic E-state index is 0.122. The van der Waals surface area contributed by atoms with E-state index in [1.54, 1.807) is 10.9 Å². The lowest BCUT2D eigenvalue weighted by Crippen LogP contribution is -1.95. The molecule has 1 heterocycles. The van der Waals surface area contributed by atoms with Gasteiger partial charge in [-0.2, -0.15) is 5.10 Å². The monoisotopic (exact) mass is 229 g/mol. The van der Waals surface area contributed by atoms with Crippen molar-refractivity contribution in [2.45, 2.75) is 6.92 Å². The van der Waals surface area contributed by atoms with E-state index < -0.39 is 4.92 Å². The topological polar surface area (TPSA) is 61.0 Å². The van der Waals surface area contributed by atoms with Crippen LogP contribution in [0.25, 0.3) is 11.8 Å². The smallest absolute Gasteiger partial charge is 0.243 e. The van der Waals surface area contributed by atoms with Crippen molar-refractivity contribution in [2.75, 3.05) is 0 Å². The Balaban J connectivity index is 2.25. The van der Waals surface area contributed by atoms with Crippen molar-refractivity contribution < 1.29 is 4.92 Å². The van der Waals surface area contributed by atoms with Gasteiger partial charge in [-0.15, -0.1) is 0 Å². The van der Waals surface area contributed by atoms with E-state index in [-0.39, 0.29) is 5.70 Å². The summed E-state index contributed by atoms with van der Waals surface area (Å²) in [4.78, 5) is 10.1. The first-order valence-electron chi connectivity index (χ1n) is 5.09. The van der Waals surface area contributed by atoms with Crippen LogP contribution < -0.4 is 0 Å². The van der Waals surface area contributed by atoms with Gasteiger partial charge in [0.1, 0.15) is 0 Å². The molecule has 1 aromatic carbocycles. The van der Waals surface area contributed by atoms with Crippen LogP contribution in [-0.4, -0.2) is 14.7 Å². The molecule has 0 unspecified atom stereocenters. The second-order valence-corrected chi connectivity index (χ2v) is 3.58. The lowest BCUT2D eigenvalue weighted by molar-refractivity contribution is -0.422. The predicted octanol–water partition coefficient (Wildman–Crippen LogP) is 2.51. The minimum atomic E-state index is -0.401. The molecule has 1 aromatic heterocycles. The van der Waals surface area contributed by atoms with Gasteiger partial charge in [0.05, 0.1) is 10.6 Å². The van der Waals surface area contributed by atoms with E-state index in [1.807, 2.05) is 36.5 Å². The summed E-state index contributed by atoms with van der Waals surface area (Å²) < 4.78 is 1.73. The number of allylic oxidation sites excluding steroid dienone is 1. The van der Waals surface area contributed by atoms with Crippen molar-refractivity contribution in [3.8, 4) is 5.69 Å². The first-order valence-corrected chi connectivity index (χ1v) is 5.09. The van der Waals surface area contributed by atoms with Gasteiger partial charge in [-0.25, -0.2) is 4.68 Å². The zero-order valence-corrected chi connectivity index (χ0v) is 9.28. The summed E-state index contributed by atoms with van der Waals surface area (Å²) >= 11 is 0. The molecular formula is C12H11N3O2. The maximum Gasteiger partial charge on any atom is 0.243 e. The molecule has 2 aromatic rings. The first kappa shape index (κ1) is 11.1. The molecule has 0 radical (unpaired) electrons. The van der Waals surface area contributed by atoms with Crippen molar-refractivity contribution in [3.63, 3.8) is 0 Å². The third kappa shape index (κ3) is 2.57. The maximum atomic E-state index is 10.5. The number of hydrogen-bond acceptors (Lipinski definition) is 3. The molecule has 86 valence electrons. The molecule has 17 heavy (non-hydrogen) atoms. The lowest BCUT2D eigenvalue weighted by atomic mass is 10.2. The van der Waals surface area contributed by atoms with Gasteiger partial charge in [0.2, 0.25) is 5.70 Å². The van der Waals surface area contributed by atoms with Crippen molar-refractivity contribution >= 4 is 6.08 Å². The molecular weight excluding hydrogens is 218 g/mol. The van der Waals surface area contributed by atoms with Crippen LogP contribution in [0.15, 0.2) is 48.4 Å². The third-order valence-electron chi connectivity index (χ3n) is 2.33. The zero-order valence-electron chi connectivity index (χ0n) is 9.28. The standard InChI is InChI=1S/C12H11N3O2/c1-10(15(16)17)9-11-3-5-12(6-4-11)14-8-2-7-13-14/h2-9H,1H3/b10-9+. The maximum absolute atomic E-state index is 10.5. The van der Waals surface area contributed by atoms with Crippen LogP contribution in [0.5, 0.6) is 0 Å². The van der Waals surface area contributed by atoms with E-state index in [2.05, 4.69) is 5.10 Å². The van der Waals surface area contributed by atoms with Crippen molar-refractivity contribution in [3.05, 3.63) is 64.1 Å². The Kier molecular flexibility index (Phi) is 3.00. The molecule has 0 atom stereocenters. The van der Waals surface area contributed by atoms with E-state index in [4.69, 9.17) is 0 Å². The third-order valence-corrected chi connectivity index (χ3v) is 2.33. The van der Waals surface area contributed by atoms with Crippen molar-refractivity contribution in [2.24, 2.45) is 0 Å². The molecule has 0 spiro atoms. The van der Waals surface area contributed by atoms with Gasteiger partial charge in [-0.1, -0.05) is 12.1 Å². The second kappa shape index (κ2) is 4.61. The molecule has 5 nitrogen and oxygen atoms in total. The highest BCUT2D eigenvalue weighted by molar-refractivity contribution is 5.52. The Hall–Kier alpha value is -2.43. The van der Waals surface area contributed by atoms with Crippen LogP contribution in [0.1, 0.15) is 12.5 Å². The number of hydrogen-bond donors (Lipinski definition) is 0. The molecule has 5 heteroatoms. The molecule has 0 N–H and O–H groups in total. The molecule has 0 saturated carbocycles. The summed E-state index contributed by atoms with van der Waals surface area (Å²) in [6.07, 6.45) is 5.07. The minimum Gasteiger partial charge on any atom is -0.259 e. The SMILES string of the molecule is C/C(=C\c1ccc(-n2cccn2)cc1)[N+](=O)[O-]. The summed E-state index contributed by atoms with van der Waals surface area (Å²) in [6.45, 7) is 1.47. The lowest BCUT2D eigenvalue weighted by Gasteiger charge is -2.01. The van der Waals surface area contributed by atoms with Crippen LogP contribution in [0.4, 0.5) is 0 Å². The highest BCUT2D eigenvalue weighted by atomic mass is 16.6. The fraction of sp³-hybridized carbons (Fsp3) is 0.0833. The average Bonchev–Trinajstić information content (AvgIpc) is 2.83. The number of nitro groups is 1. The number of aromatic nitrogens is 2. The summed E-state index contributed by atoms with van der Waals surface area (Å²) in [5.41, 5.74) is 1.85. The Morgan fingerprint density at radius 3 is 2.65 bits per heavy atom. The summed E-state index contributed by atoms with van der Waals surface area (Å²) in [5.74, 6) is 0. The summed E-state index contributed by atoms with van der Waals surface area (Å²) in [5, 5.41) is 14.6. The normalized spacial score (nSPS) is 11.5. The van der Waals surface area contributed by atoms with E-state index in [0.717, 1.165) is 11.3 Å². The van der Waals surface area contributed by atoms with Gasteiger partial charge in [-0.05, 0) is 23.8 Å². The molecule has 0 aliphatic carbocycles. The Labute approximate surface area is 98.2 Å². The fourth-order valence-corrected chi connectivity index (χ4v) is 1.44. The molecule has 0 saturated heterocycles. The quantitative estimate of drug-likeness (QED) is 0.600. The first-order chi connectivity index (χ1) is 8.16. The van der Waals surface area contributed by atoms with E-state index in [9.17, 15) is 10.1 Å². The van der Waals surface area contributed by atoms with Gasteiger partial charge < -0.3 is 0 Å². The fourth-order valence-electron chi connectivity index (χ4n) is 1.44. The van der Waals surface area contributed by atoms with Crippen LogP contribution in [0.3, 0.4) is 0 Å². The zero-order chi connectivity index (χ0) is 12.3. The van der Waals surface area contributed by atoms with Gasteiger partial charge in [0.25, 0.3) is 0 Å². The van der Waals surface area contributed by atoms with Gasteiger partial charge in [-0.3, -0.25) is 10.1 Å². The molecule has 0 aliphatic rings. The van der Waals surface area contributed by atoms with E-state index in [1.165, 1.54) is 13.0 Å². The summed E-state index contributed by atoms with van der Waals surface area (Å²) in [6, 6.07) is 9.22. The molecule has 2 rings (SSSR count). The Bertz CT molecular complexity index is 542. The predicted molar refractivity (Wildman–Crippen MR) is 64.2 cm³/mol. The largest absolute Gasteiger partial charge is 0.259 e. The van der Waals surface area contributed by atoms with Crippen molar-refractivity contribution in [1.82, 2.24) is 9.78 Å².